The molecule has 4 nitrogen and oxygen atoms in total. The van der Waals surface area contributed by atoms with Gasteiger partial charge < -0.3 is 5.32 Å². The number of benzene rings is 2. The average Bonchev–Trinajstić information content (AvgIpc) is 3.19. The average molecular weight is 447 g/mol. The molecule has 4 rings (SSSR count). The van der Waals surface area contributed by atoms with Crippen LogP contribution in [0.1, 0.15) is 15.4 Å². The van der Waals surface area contributed by atoms with Crippen LogP contribution in [0.3, 0.4) is 0 Å². The van der Waals surface area contributed by atoms with Crippen molar-refractivity contribution in [2.45, 2.75) is 6.92 Å². The van der Waals surface area contributed by atoms with E-state index in [1.807, 2.05) is 66.2 Å². The summed E-state index contributed by atoms with van der Waals surface area (Å²) in [4.78, 5) is 14.2. The van der Waals surface area contributed by atoms with Crippen molar-refractivity contribution in [1.29, 1.82) is 0 Å². The van der Waals surface area contributed by atoms with E-state index in [2.05, 4.69) is 26.3 Å². The summed E-state index contributed by atoms with van der Waals surface area (Å²) in [6.45, 7) is 1.94. The number of nitrogens with one attached hydrogen (secondary N) is 1. The largest absolute Gasteiger partial charge is 0.320 e. The van der Waals surface area contributed by atoms with Crippen LogP contribution in [-0.2, 0) is 0 Å². The van der Waals surface area contributed by atoms with Crippen LogP contribution in [-0.4, -0.2) is 15.7 Å². The van der Waals surface area contributed by atoms with Gasteiger partial charge in [-0.2, -0.15) is 5.10 Å². The fraction of sp³-hybridized carbons (Fsp3) is 0.0526. The quantitative estimate of drug-likeness (QED) is 0.415. The Morgan fingerprint density at radius 2 is 1.92 bits per heavy atom. The smallest absolute Gasteiger partial charge is 0.265 e. The van der Waals surface area contributed by atoms with Crippen LogP contribution >= 0.6 is 38.9 Å². The van der Waals surface area contributed by atoms with Crippen molar-refractivity contribution in [3.63, 3.8) is 0 Å². The Labute approximate surface area is 167 Å². The van der Waals surface area contributed by atoms with Gasteiger partial charge in [0.15, 0.2) is 0 Å². The fourth-order valence-corrected chi connectivity index (χ4v) is 4.25. The van der Waals surface area contributed by atoms with Crippen molar-refractivity contribution in [3.8, 4) is 5.69 Å². The summed E-state index contributed by atoms with van der Waals surface area (Å²) in [7, 11) is 0. The summed E-state index contributed by atoms with van der Waals surface area (Å²) in [5.41, 5.74) is 2.53. The molecule has 2 aromatic carbocycles. The normalized spacial score (nSPS) is 11.0. The Morgan fingerprint density at radius 1 is 1.19 bits per heavy atom. The van der Waals surface area contributed by atoms with Crippen molar-refractivity contribution in [1.82, 2.24) is 9.78 Å². The van der Waals surface area contributed by atoms with Crippen molar-refractivity contribution >= 4 is 60.7 Å². The fourth-order valence-electron chi connectivity index (χ4n) is 2.66. The molecule has 0 spiro atoms. The number of aromatic nitrogens is 2. The molecule has 130 valence electrons. The third kappa shape index (κ3) is 3.16. The van der Waals surface area contributed by atoms with Crippen LogP contribution in [0.25, 0.3) is 15.9 Å². The van der Waals surface area contributed by atoms with Gasteiger partial charge in [0.2, 0.25) is 0 Å². The lowest BCUT2D eigenvalue weighted by Crippen LogP contribution is -2.10. The summed E-state index contributed by atoms with van der Waals surface area (Å²) in [6, 6.07) is 16.9. The molecule has 26 heavy (non-hydrogen) atoms. The van der Waals surface area contributed by atoms with Crippen molar-refractivity contribution in [2.75, 3.05) is 5.32 Å². The highest BCUT2D eigenvalue weighted by molar-refractivity contribution is 9.10. The Kier molecular flexibility index (Phi) is 4.56. The molecule has 0 unspecified atom stereocenters. The minimum atomic E-state index is -0.139. The summed E-state index contributed by atoms with van der Waals surface area (Å²) in [5.74, 6) is -0.139. The number of hydrogen-bond acceptors (Lipinski definition) is 3. The highest BCUT2D eigenvalue weighted by Crippen LogP contribution is 2.31. The Morgan fingerprint density at radius 3 is 2.65 bits per heavy atom. The molecule has 0 fully saturated rings. The number of para-hydroxylation sites is 1. The molecule has 1 amide bonds. The van der Waals surface area contributed by atoms with Crippen LogP contribution in [0.5, 0.6) is 0 Å². The maximum absolute atomic E-state index is 12.7. The minimum Gasteiger partial charge on any atom is -0.320 e. The van der Waals surface area contributed by atoms with Gasteiger partial charge in [-0.05, 0) is 65.3 Å². The molecule has 1 N–H and O–H groups in total. The van der Waals surface area contributed by atoms with E-state index >= 15 is 0 Å². The number of anilines is 1. The van der Waals surface area contributed by atoms with Crippen molar-refractivity contribution in [2.24, 2.45) is 0 Å². The zero-order chi connectivity index (χ0) is 18.3. The number of hydrogen-bond donors (Lipinski definition) is 1. The van der Waals surface area contributed by atoms with E-state index in [4.69, 9.17) is 11.6 Å². The standard InChI is InChI=1S/C19H13BrClN3OS/c1-11-14-10-17(18(25)22-16-5-3-2-4-15(16)20)26-19(14)24(23-11)13-8-6-12(21)7-9-13/h2-10H,1H3,(H,22,25). The molecule has 0 bridgehead atoms. The highest BCUT2D eigenvalue weighted by Gasteiger charge is 2.17. The van der Waals surface area contributed by atoms with Gasteiger partial charge in [0, 0.05) is 14.9 Å². The van der Waals surface area contributed by atoms with E-state index < -0.39 is 0 Å². The zero-order valence-electron chi connectivity index (χ0n) is 13.7. The molecule has 7 heteroatoms. The van der Waals surface area contributed by atoms with Crippen LogP contribution in [0.4, 0.5) is 5.69 Å². The molecule has 0 saturated carbocycles. The van der Waals surface area contributed by atoms with E-state index in [-0.39, 0.29) is 5.91 Å². The SMILES string of the molecule is Cc1nn(-c2ccc(Cl)cc2)c2sc(C(=O)Nc3ccccc3Br)cc12. The molecule has 0 aliphatic carbocycles. The molecule has 4 aromatic rings. The molecule has 0 aliphatic rings. The number of rotatable bonds is 3. The monoisotopic (exact) mass is 445 g/mol. The van der Waals surface area contributed by atoms with Crippen LogP contribution in [0.2, 0.25) is 5.02 Å². The van der Waals surface area contributed by atoms with Gasteiger partial charge in [-0.25, -0.2) is 4.68 Å². The molecule has 2 aromatic heterocycles. The molecule has 2 heterocycles. The predicted octanol–water partition coefficient (Wildman–Crippen LogP) is 6.06. The van der Waals surface area contributed by atoms with Gasteiger partial charge in [-0.3, -0.25) is 4.79 Å². The number of carbonyl (C=O) groups excluding carboxylic acids is 1. The first-order valence-corrected chi connectivity index (χ1v) is 9.82. The second kappa shape index (κ2) is 6.87. The van der Waals surface area contributed by atoms with Crippen molar-refractivity contribution in [3.05, 3.63) is 74.7 Å². The lowest BCUT2D eigenvalue weighted by molar-refractivity contribution is 0.103. The predicted molar refractivity (Wildman–Crippen MR) is 111 cm³/mol. The molecule has 0 atom stereocenters. The maximum Gasteiger partial charge on any atom is 0.265 e. The first-order chi connectivity index (χ1) is 12.5. The number of halogens is 2. The Bertz CT molecular complexity index is 1120. The molecule has 0 aliphatic heterocycles. The van der Waals surface area contributed by atoms with E-state index in [1.54, 1.807) is 0 Å². The van der Waals surface area contributed by atoms with Gasteiger partial charge in [-0.15, -0.1) is 11.3 Å². The maximum atomic E-state index is 12.7. The number of fused-ring (bicyclic) bond motifs is 1. The summed E-state index contributed by atoms with van der Waals surface area (Å²) < 4.78 is 2.69. The van der Waals surface area contributed by atoms with E-state index in [9.17, 15) is 4.79 Å². The summed E-state index contributed by atoms with van der Waals surface area (Å²) in [6.07, 6.45) is 0. The Hall–Kier alpha value is -2.15. The second-order valence-corrected chi connectivity index (χ2v) is 8.06. The third-order valence-corrected chi connectivity index (χ3v) is 6.01. The van der Waals surface area contributed by atoms with Gasteiger partial charge in [0.05, 0.1) is 21.9 Å². The third-order valence-electron chi connectivity index (χ3n) is 3.96. The van der Waals surface area contributed by atoms with E-state index in [0.29, 0.717) is 9.90 Å². The lowest BCUT2D eigenvalue weighted by Gasteiger charge is -2.05. The van der Waals surface area contributed by atoms with Crippen LogP contribution in [0, 0.1) is 6.92 Å². The van der Waals surface area contributed by atoms with Gasteiger partial charge in [0.1, 0.15) is 4.83 Å². The molecular formula is C19H13BrClN3OS. The second-order valence-electron chi connectivity index (χ2n) is 5.74. The lowest BCUT2D eigenvalue weighted by atomic mass is 10.3. The first-order valence-electron chi connectivity index (χ1n) is 7.84. The van der Waals surface area contributed by atoms with Gasteiger partial charge in [0.25, 0.3) is 5.91 Å². The van der Waals surface area contributed by atoms with Gasteiger partial charge >= 0.3 is 0 Å². The molecule has 0 radical (unpaired) electrons. The minimum absolute atomic E-state index is 0.139. The number of carbonyl (C=O) groups is 1. The summed E-state index contributed by atoms with van der Waals surface area (Å²) >= 11 is 10.8. The first kappa shape index (κ1) is 17.3. The molecule has 0 saturated heterocycles. The van der Waals surface area contributed by atoms with E-state index in [1.165, 1.54) is 11.3 Å². The molecular weight excluding hydrogens is 434 g/mol. The number of nitrogens with zero attached hydrogens (tertiary/aromatic N) is 2. The summed E-state index contributed by atoms with van der Waals surface area (Å²) in [5, 5.41) is 9.18. The number of amides is 1. The van der Waals surface area contributed by atoms with Gasteiger partial charge in [-0.1, -0.05) is 23.7 Å². The highest BCUT2D eigenvalue weighted by atomic mass is 79.9. The van der Waals surface area contributed by atoms with E-state index in [0.717, 1.165) is 31.8 Å². The number of thiophene rings is 1. The van der Waals surface area contributed by atoms with Crippen LogP contribution < -0.4 is 5.32 Å². The Balaban J connectivity index is 1.72. The van der Waals surface area contributed by atoms with Crippen LogP contribution in [0.15, 0.2) is 59.1 Å². The topological polar surface area (TPSA) is 46.9 Å². The zero-order valence-corrected chi connectivity index (χ0v) is 16.8. The number of aryl methyl sites for hydroxylation is 1. The van der Waals surface area contributed by atoms with Crippen molar-refractivity contribution < 1.29 is 4.79 Å².